The largest absolute Gasteiger partial charge is 0.481 e. The number of carboxylic acids is 2. The third-order valence-electron chi connectivity index (χ3n) is 5.82. The van der Waals surface area contributed by atoms with E-state index in [1.54, 1.807) is 30.3 Å². The number of hydrogen-bond donors (Lipinski definition) is 8. The molecule has 10 N–H and O–H groups in total. The lowest BCUT2D eigenvalue weighted by Gasteiger charge is -2.25. The number of imidazole rings is 1. The van der Waals surface area contributed by atoms with Gasteiger partial charge in [0.05, 0.1) is 18.8 Å². The molecule has 0 saturated heterocycles. The van der Waals surface area contributed by atoms with Gasteiger partial charge in [-0.15, -0.1) is 0 Å². The van der Waals surface area contributed by atoms with Gasteiger partial charge >= 0.3 is 11.9 Å². The van der Waals surface area contributed by atoms with Gasteiger partial charge in [-0.25, -0.2) is 9.78 Å². The van der Waals surface area contributed by atoms with Crippen molar-refractivity contribution in [2.45, 2.75) is 62.7 Å². The maximum absolute atomic E-state index is 13.2. The van der Waals surface area contributed by atoms with Crippen molar-refractivity contribution >= 4 is 29.7 Å². The Morgan fingerprint density at radius 3 is 2.10 bits per heavy atom. The van der Waals surface area contributed by atoms with E-state index in [1.165, 1.54) is 12.5 Å². The Morgan fingerprint density at radius 1 is 0.872 bits per heavy atom. The van der Waals surface area contributed by atoms with Crippen molar-refractivity contribution in [3.8, 4) is 0 Å². The summed E-state index contributed by atoms with van der Waals surface area (Å²) in [6.07, 6.45) is 3.35. The zero-order valence-corrected chi connectivity index (χ0v) is 21.3. The SMILES string of the molecule is NCCCCC(NC(=O)C(N)CC(=O)O)C(=O)NC(Cc1cnc[nH]1)C(=O)NC(Cc1ccccc1)C(=O)O. The third kappa shape index (κ3) is 10.9. The van der Waals surface area contributed by atoms with Crippen LogP contribution in [-0.2, 0) is 36.8 Å². The van der Waals surface area contributed by atoms with Crippen molar-refractivity contribution in [2.75, 3.05) is 6.54 Å². The number of carbonyl (C=O) groups excluding carboxylic acids is 3. The number of carbonyl (C=O) groups is 5. The van der Waals surface area contributed by atoms with Gasteiger partial charge < -0.3 is 42.6 Å². The quantitative estimate of drug-likeness (QED) is 0.109. The molecule has 0 fully saturated rings. The topological polar surface area (TPSA) is 243 Å². The molecule has 14 heteroatoms. The summed E-state index contributed by atoms with van der Waals surface area (Å²) in [5.74, 6) is -4.85. The van der Waals surface area contributed by atoms with Gasteiger partial charge in [-0.2, -0.15) is 0 Å². The molecule has 3 amide bonds. The van der Waals surface area contributed by atoms with Crippen molar-refractivity contribution < 1.29 is 34.2 Å². The predicted molar refractivity (Wildman–Crippen MR) is 139 cm³/mol. The van der Waals surface area contributed by atoms with E-state index in [0.29, 0.717) is 30.6 Å². The van der Waals surface area contributed by atoms with E-state index in [1.807, 2.05) is 0 Å². The molecule has 0 saturated carbocycles. The van der Waals surface area contributed by atoms with Crippen molar-refractivity contribution in [2.24, 2.45) is 11.5 Å². The fourth-order valence-corrected chi connectivity index (χ4v) is 3.74. The molecule has 0 aliphatic heterocycles. The summed E-state index contributed by atoms with van der Waals surface area (Å²) in [5.41, 5.74) is 12.4. The number of aromatic amines is 1. The molecule has 39 heavy (non-hydrogen) atoms. The molecule has 2 aromatic rings. The Labute approximate surface area is 224 Å². The van der Waals surface area contributed by atoms with Gasteiger partial charge in [0.1, 0.15) is 18.1 Å². The second-order valence-corrected chi connectivity index (χ2v) is 8.98. The maximum atomic E-state index is 13.2. The van der Waals surface area contributed by atoms with E-state index in [0.717, 1.165) is 0 Å². The molecular formula is C25H35N7O7. The minimum absolute atomic E-state index is 0.0197. The van der Waals surface area contributed by atoms with Crippen LogP contribution < -0.4 is 27.4 Å². The Bertz CT molecular complexity index is 1100. The normalized spacial score (nSPS) is 13.9. The highest BCUT2D eigenvalue weighted by Crippen LogP contribution is 2.08. The number of hydrogen-bond acceptors (Lipinski definition) is 8. The first-order valence-corrected chi connectivity index (χ1v) is 12.4. The standard InChI is InChI=1S/C25H35N7O7/c26-9-5-4-8-18(30-22(35)17(27)12-21(33)34)23(36)31-19(11-16-13-28-14-29-16)24(37)32-20(25(38)39)10-15-6-2-1-3-7-15/h1-3,6-7,13-14,17-20H,4-5,8-12,26-27H2,(H,28,29)(H,30,35)(H,31,36)(H,32,37)(H,33,34)(H,38,39). The fourth-order valence-electron chi connectivity index (χ4n) is 3.74. The van der Waals surface area contributed by atoms with Crippen molar-refractivity contribution in [3.05, 3.63) is 54.1 Å². The van der Waals surface area contributed by atoms with Crippen LogP contribution in [0.3, 0.4) is 0 Å². The monoisotopic (exact) mass is 545 g/mol. The van der Waals surface area contributed by atoms with Crippen LogP contribution in [0.4, 0.5) is 0 Å². The lowest BCUT2D eigenvalue weighted by atomic mass is 10.0. The maximum Gasteiger partial charge on any atom is 0.326 e. The second kappa shape index (κ2) is 15.8. The van der Waals surface area contributed by atoms with Crippen LogP contribution in [0.15, 0.2) is 42.9 Å². The molecule has 0 bridgehead atoms. The average Bonchev–Trinajstić information content (AvgIpc) is 3.40. The van der Waals surface area contributed by atoms with Gasteiger partial charge in [-0.05, 0) is 31.4 Å². The number of rotatable bonds is 17. The van der Waals surface area contributed by atoms with Crippen molar-refractivity contribution in [1.82, 2.24) is 25.9 Å². The Balaban J connectivity index is 2.20. The summed E-state index contributed by atoms with van der Waals surface area (Å²) in [6.45, 7) is 0.351. The van der Waals surface area contributed by atoms with E-state index >= 15 is 0 Å². The molecule has 4 atom stereocenters. The van der Waals surface area contributed by atoms with Crippen LogP contribution in [0.5, 0.6) is 0 Å². The van der Waals surface area contributed by atoms with Gasteiger partial charge in [0.2, 0.25) is 17.7 Å². The van der Waals surface area contributed by atoms with Crippen LogP contribution in [0, 0.1) is 0 Å². The van der Waals surface area contributed by atoms with Gasteiger partial charge in [0.25, 0.3) is 0 Å². The number of carboxylic acid groups (broad SMARTS) is 2. The van der Waals surface area contributed by atoms with Crippen LogP contribution in [0.25, 0.3) is 0 Å². The Hall–Kier alpha value is -4.30. The van der Waals surface area contributed by atoms with Crippen LogP contribution >= 0.6 is 0 Å². The number of aromatic nitrogens is 2. The minimum atomic E-state index is -1.38. The van der Waals surface area contributed by atoms with E-state index in [4.69, 9.17) is 16.6 Å². The number of nitrogens with one attached hydrogen (secondary N) is 4. The number of nitrogens with two attached hydrogens (primary N) is 2. The molecule has 1 aromatic carbocycles. The molecule has 0 aliphatic rings. The number of unbranched alkanes of at least 4 members (excludes halogenated alkanes) is 1. The molecule has 14 nitrogen and oxygen atoms in total. The molecule has 1 aromatic heterocycles. The van der Waals surface area contributed by atoms with Gasteiger partial charge in [-0.3, -0.25) is 19.2 Å². The highest BCUT2D eigenvalue weighted by atomic mass is 16.4. The van der Waals surface area contributed by atoms with Crippen molar-refractivity contribution in [3.63, 3.8) is 0 Å². The summed E-state index contributed by atoms with van der Waals surface area (Å²) < 4.78 is 0. The molecule has 0 spiro atoms. The van der Waals surface area contributed by atoms with Crippen molar-refractivity contribution in [1.29, 1.82) is 0 Å². The first-order chi connectivity index (χ1) is 18.6. The second-order valence-electron chi connectivity index (χ2n) is 8.98. The fraction of sp³-hybridized carbons (Fsp3) is 0.440. The van der Waals surface area contributed by atoms with Gasteiger partial charge in [0, 0.05) is 24.7 Å². The van der Waals surface area contributed by atoms with E-state index in [2.05, 4.69) is 25.9 Å². The molecule has 0 radical (unpaired) electrons. The summed E-state index contributed by atoms with van der Waals surface area (Å²) in [5, 5.41) is 26.1. The molecule has 212 valence electrons. The highest BCUT2D eigenvalue weighted by molar-refractivity contribution is 5.94. The zero-order valence-electron chi connectivity index (χ0n) is 21.3. The third-order valence-corrected chi connectivity index (χ3v) is 5.82. The minimum Gasteiger partial charge on any atom is -0.481 e. The summed E-state index contributed by atoms with van der Waals surface area (Å²) in [6, 6.07) is 3.73. The summed E-state index contributed by atoms with van der Waals surface area (Å²) in [4.78, 5) is 68.4. The molecule has 4 unspecified atom stereocenters. The smallest absolute Gasteiger partial charge is 0.326 e. The van der Waals surface area contributed by atoms with Crippen LogP contribution in [-0.4, -0.2) is 80.6 Å². The predicted octanol–water partition coefficient (Wildman–Crippen LogP) is -1.34. The Kier molecular flexibility index (Phi) is 12.6. The molecule has 2 rings (SSSR count). The van der Waals surface area contributed by atoms with Crippen LogP contribution in [0.1, 0.15) is 36.9 Å². The first kappa shape index (κ1) is 30.9. The number of H-pyrrole nitrogens is 1. The number of benzene rings is 1. The highest BCUT2D eigenvalue weighted by Gasteiger charge is 2.31. The number of amides is 3. The van der Waals surface area contributed by atoms with Crippen LogP contribution in [0.2, 0.25) is 0 Å². The summed E-state index contributed by atoms with van der Waals surface area (Å²) >= 11 is 0. The zero-order chi connectivity index (χ0) is 28.8. The molecule has 1 heterocycles. The van der Waals surface area contributed by atoms with Gasteiger partial charge in [-0.1, -0.05) is 30.3 Å². The molecule has 0 aliphatic carbocycles. The number of nitrogens with zero attached hydrogens (tertiary/aromatic N) is 1. The van der Waals surface area contributed by atoms with E-state index in [9.17, 15) is 29.1 Å². The lowest BCUT2D eigenvalue weighted by Crippen LogP contribution is -2.58. The first-order valence-electron chi connectivity index (χ1n) is 12.4. The van der Waals surface area contributed by atoms with E-state index in [-0.39, 0.29) is 19.3 Å². The summed E-state index contributed by atoms with van der Waals surface area (Å²) in [7, 11) is 0. The Morgan fingerprint density at radius 2 is 1.51 bits per heavy atom. The average molecular weight is 546 g/mol. The number of aliphatic carboxylic acids is 2. The van der Waals surface area contributed by atoms with Gasteiger partial charge in [0.15, 0.2) is 0 Å². The lowest BCUT2D eigenvalue weighted by molar-refractivity contribution is -0.142. The molecular weight excluding hydrogens is 510 g/mol. The van der Waals surface area contributed by atoms with E-state index < -0.39 is 60.2 Å².